The molecule has 3 atom stereocenters. The SMILES string of the molecule is Cc1cc(C)n(CC(=O)N[C@H]2C[C@H]3CO[C@@H](C4CC4)CN3C2)n1. The molecule has 4 rings (SSSR count). The Morgan fingerprint density at radius 3 is 2.91 bits per heavy atom. The highest BCUT2D eigenvalue weighted by molar-refractivity contribution is 5.76. The third-order valence-corrected chi connectivity index (χ3v) is 5.35. The van der Waals surface area contributed by atoms with Crippen molar-refractivity contribution in [3.05, 3.63) is 17.5 Å². The van der Waals surface area contributed by atoms with Crippen LogP contribution in [0, 0.1) is 19.8 Å². The van der Waals surface area contributed by atoms with E-state index in [1.807, 2.05) is 19.9 Å². The van der Waals surface area contributed by atoms with E-state index in [2.05, 4.69) is 15.3 Å². The molecule has 1 amide bonds. The van der Waals surface area contributed by atoms with Gasteiger partial charge in [-0.3, -0.25) is 14.4 Å². The van der Waals surface area contributed by atoms with E-state index in [0.29, 0.717) is 18.7 Å². The first-order valence-electron chi connectivity index (χ1n) is 8.74. The van der Waals surface area contributed by atoms with E-state index in [-0.39, 0.29) is 11.9 Å². The Labute approximate surface area is 137 Å². The summed E-state index contributed by atoms with van der Waals surface area (Å²) in [4.78, 5) is 14.8. The lowest BCUT2D eigenvalue weighted by Gasteiger charge is -2.35. The van der Waals surface area contributed by atoms with Gasteiger partial charge in [0.1, 0.15) is 6.54 Å². The maximum atomic E-state index is 12.3. The van der Waals surface area contributed by atoms with Gasteiger partial charge in [-0.1, -0.05) is 0 Å². The van der Waals surface area contributed by atoms with Crippen LogP contribution in [0.4, 0.5) is 0 Å². The summed E-state index contributed by atoms with van der Waals surface area (Å²) in [6, 6.07) is 2.72. The fourth-order valence-corrected chi connectivity index (χ4v) is 4.00. The fraction of sp³-hybridized carbons (Fsp3) is 0.765. The molecule has 126 valence electrons. The van der Waals surface area contributed by atoms with Crippen molar-refractivity contribution in [2.75, 3.05) is 19.7 Å². The van der Waals surface area contributed by atoms with E-state index in [4.69, 9.17) is 4.74 Å². The largest absolute Gasteiger partial charge is 0.375 e. The van der Waals surface area contributed by atoms with Crippen LogP contribution in [0.15, 0.2) is 6.07 Å². The standard InChI is InChI=1S/C17H26N4O2/c1-11-5-12(2)21(19-11)9-17(22)18-14-6-15-10-23-16(13-3-4-13)8-20(15)7-14/h5,13-16H,3-4,6-10H2,1-2H3,(H,18,22)/t14-,15-,16+/m0/s1. The van der Waals surface area contributed by atoms with Crippen LogP contribution in [-0.4, -0.2) is 58.5 Å². The summed E-state index contributed by atoms with van der Waals surface area (Å²) < 4.78 is 7.79. The van der Waals surface area contributed by atoms with Crippen LogP contribution >= 0.6 is 0 Å². The normalized spacial score (nSPS) is 31.1. The van der Waals surface area contributed by atoms with Gasteiger partial charge in [0.05, 0.1) is 18.4 Å². The molecule has 0 radical (unpaired) electrons. The topological polar surface area (TPSA) is 59.4 Å². The molecule has 1 aromatic heterocycles. The van der Waals surface area contributed by atoms with Gasteiger partial charge in [0.2, 0.25) is 5.91 Å². The Hall–Kier alpha value is -1.40. The molecule has 2 aliphatic heterocycles. The van der Waals surface area contributed by atoms with Gasteiger partial charge < -0.3 is 10.1 Å². The molecule has 3 heterocycles. The van der Waals surface area contributed by atoms with Gasteiger partial charge in [-0.15, -0.1) is 0 Å². The smallest absolute Gasteiger partial charge is 0.242 e. The number of nitrogens with one attached hydrogen (secondary N) is 1. The minimum absolute atomic E-state index is 0.0562. The van der Waals surface area contributed by atoms with Gasteiger partial charge in [0.15, 0.2) is 0 Å². The van der Waals surface area contributed by atoms with Gasteiger partial charge >= 0.3 is 0 Å². The van der Waals surface area contributed by atoms with Gasteiger partial charge in [0, 0.05) is 30.9 Å². The maximum absolute atomic E-state index is 12.3. The van der Waals surface area contributed by atoms with Crippen LogP contribution in [0.1, 0.15) is 30.7 Å². The highest BCUT2D eigenvalue weighted by Crippen LogP contribution is 2.37. The van der Waals surface area contributed by atoms with E-state index >= 15 is 0 Å². The molecule has 1 aromatic rings. The Balaban J connectivity index is 1.30. The van der Waals surface area contributed by atoms with E-state index < -0.39 is 0 Å². The number of aryl methyl sites for hydroxylation is 2. The first-order valence-corrected chi connectivity index (χ1v) is 8.74. The zero-order chi connectivity index (χ0) is 16.0. The third-order valence-electron chi connectivity index (χ3n) is 5.35. The summed E-state index contributed by atoms with van der Waals surface area (Å²) in [6.45, 7) is 7.07. The zero-order valence-corrected chi connectivity index (χ0v) is 14.0. The molecular weight excluding hydrogens is 292 g/mol. The van der Waals surface area contributed by atoms with Crippen LogP contribution < -0.4 is 5.32 Å². The van der Waals surface area contributed by atoms with Crippen molar-refractivity contribution in [3.8, 4) is 0 Å². The Morgan fingerprint density at radius 2 is 2.22 bits per heavy atom. The summed E-state index contributed by atoms with van der Waals surface area (Å²) in [5, 5.41) is 7.54. The highest BCUT2D eigenvalue weighted by atomic mass is 16.5. The van der Waals surface area contributed by atoms with Crippen molar-refractivity contribution in [1.82, 2.24) is 20.0 Å². The van der Waals surface area contributed by atoms with Crippen molar-refractivity contribution < 1.29 is 9.53 Å². The van der Waals surface area contributed by atoms with Crippen LogP contribution in [0.2, 0.25) is 0 Å². The lowest BCUT2D eigenvalue weighted by Crippen LogP contribution is -2.47. The molecule has 3 fully saturated rings. The van der Waals surface area contributed by atoms with Gasteiger partial charge in [-0.05, 0) is 45.1 Å². The van der Waals surface area contributed by atoms with E-state index in [0.717, 1.165) is 43.4 Å². The van der Waals surface area contributed by atoms with Crippen molar-refractivity contribution in [2.45, 2.75) is 57.8 Å². The van der Waals surface area contributed by atoms with Gasteiger partial charge in [-0.2, -0.15) is 5.10 Å². The van der Waals surface area contributed by atoms with Crippen molar-refractivity contribution >= 4 is 5.91 Å². The van der Waals surface area contributed by atoms with Crippen LogP contribution in [-0.2, 0) is 16.1 Å². The quantitative estimate of drug-likeness (QED) is 0.895. The summed E-state index contributed by atoms with van der Waals surface area (Å²) in [5.41, 5.74) is 1.98. The second kappa shape index (κ2) is 5.91. The summed E-state index contributed by atoms with van der Waals surface area (Å²) in [5.74, 6) is 0.844. The van der Waals surface area contributed by atoms with Crippen molar-refractivity contribution in [2.24, 2.45) is 5.92 Å². The third kappa shape index (κ3) is 3.28. The second-order valence-electron chi connectivity index (χ2n) is 7.40. The second-order valence-corrected chi connectivity index (χ2v) is 7.40. The number of carbonyl (C=O) groups is 1. The number of hydrogen-bond acceptors (Lipinski definition) is 4. The Kier molecular flexibility index (Phi) is 3.89. The Morgan fingerprint density at radius 1 is 1.39 bits per heavy atom. The van der Waals surface area contributed by atoms with E-state index in [1.165, 1.54) is 12.8 Å². The molecule has 2 saturated heterocycles. The van der Waals surface area contributed by atoms with Gasteiger partial charge in [-0.25, -0.2) is 0 Å². The molecule has 3 aliphatic rings. The maximum Gasteiger partial charge on any atom is 0.242 e. The molecule has 1 N–H and O–H groups in total. The number of amides is 1. The number of fused-ring (bicyclic) bond motifs is 1. The Bertz CT molecular complexity index is 595. The summed E-state index contributed by atoms with van der Waals surface area (Å²) in [6.07, 6.45) is 4.08. The predicted octanol–water partition coefficient (Wildman–Crippen LogP) is 0.868. The molecule has 1 saturated carbocycles. The zero-order valence-electron chi connectivity index (χ0n) is 14.0. The number of morpholine rings is 1. The average Bonchev–Trinajstić information content (AvgIpc) is 3.19. The minimum atomic E-state index is 0.0562. The molecule has 0 unspecified atom stereocenters. The number of nitrogens with zero attached hydrogens (tertiary/aromatic N) is 3. The molecule has 0 spiro atoms. The molecule has 23 heavy (non-hydrogen) atoms. The summed E-state index contributed by atoms with van der Waals surface area (Å²) >= 11 is 0. The molecular formula is C17H26N4O2. The fourth-order valence-electron chi connectivity index (χ4n) is 4.00. The lowest BCUT2D eigenvalue weighted by molar-refractivity contribution is -0.122. The first kappa shape index (κ1) is 15.1. The number of carbonyl (C=O) groups excluding carboxylic acids is 1. The van der Waals surface area contributed by atoms with Crippen molar-refractivity contribution in [1.29, 1.82) is 0 Å². The van der Waals surface area contributed by atoms with Crippen LogP contribution in [0.5, 0.6) is 0 Å². The highest BCUT2D eigenvalue weighted by Gasteiger charge is 2.42. The summed E-state index contributed by atoms with van der Waals surface area (Å²) in [7, 11) is 0. The molecule has 0 aromatic carbocycles. The minimum Gasteiger partial charge on any atom is -0.375 e. The van der Waals surface area contributed by atoms with Gasteiger partial charge in [0.25, 0.3) is 0 Å². The molecule has 6 heteroatoms. The molecule has 1 aliphatic carbocycles. The van der Waals surface area contributed by atoms with Crippen LogP contribution in [0.3, 0.4) is 0 Å². The predicted molar refractivity (Wildman–Crippen MR) is 86.1 cm³/mol. The number of ether oxygens (including phenoxy) is 1. The number of rotatable bonds is 4. The lowest BCUT2D eigenvalue weighted by atomic mass is 10.1. The molecule has 0 bridgehead atoms. The van der Waals surface area contributed by atoms with E-state index in [1.54, 1.807) is 4.68 Å². The first-order chi connectivity index (χ1) is 11.1. The van der Waals surface area contributed by atoms with E-state index in [9.17, 15) is 4.79 Å². The average molecular weight is 318 g/mol. The van der Waals surface area contributed by atoms with Crippen LogP contribution in [0.25, 0.3) is 0 Å². The molecule has 6 nitrogen and oxygen atoms in total. The monoisotopic (exact) mass is 318 g/mol. The van der Waals surface area contributed by atoms with Crippen molar-refractivity contribution in [3.63, 3.8) is 0 Å². The number of hydrogen-bond donors (Lipinski definition) is 1. The number of aromatic nitrogens is 2.